The van der Waals surface area contributed by atoms with Gasteiger partial charge in [0.2, 0.25) is 11.8 Å². The number of aliphatic hydroxyl groups is 1. The van der Waals surface area contributed by atoms with Crippen LogP contribution in [0.5, 0.6) is 0 Å². The first-order valence-electron chi connectivity index (χ1n) is 16.2. The number of oxazole rings is 1. The Labute approximate surface area is 280 Å². The van der Waals surface area contributed by atoms with Crippen LogP contribution in [0.2, 0.25) is 0 Å². The van der Waals surface area contributed by atoms with Crippen LogP contribution in [-0.2, 0) is 22.6 Å². The fourth-order valence-electron chi connectivity index (χ4n) is 5.87. The Morgan fingerprint density at radius 3 is 2.27 bits per heavy atom. The number of amides is 2. The Bertz CT molecular complexity index is 1820. The number of benzene rings is 4. The number of nitrogens with zero attached hydrogens (tertiary/aromatic N) is 2. The van der Waals surface area contributed by atoms with Gasteiger partial charge in [-0.3, -0.25) is 9.59 Å². The van der Waals surface area contributed by atoms with Gasteiger partial charge in [-0.05, 0) is 46.7 Å². The van der Waals surface area contributed by atoms with E-state index < -0.39 is 30.2 Å². The van der Waals surface area contributed by atoms with Gasteiger partial charge in [0.25, 0.3) is 0 Å². The molecular weight excluding hydrogens is 606 g/mol. The fourth-order valence-corrected chi connectivity index (χ4v) is 5.87. The molecule has 0 spiro atoms. The average Bonchev–Trinajstić information content (AvgIpc) is 3.61. The van der Waals surface area contributed by atoms with E-state index in [2.05, 4.69) is 10.3 Å². The molecule has 9 nitrogen and oxygen atoms in total. The van der Waals surface area contributed by atoms with Crippen LogP contribution in [0.25, 0.3) is 10.8 Å². The lowest BCUT2D eigenvalue weighted by Gasteiger charge is -2.36. The van der Waals surface area contributed by atoms with Gasteiger partial charge < -0.3 is 24.5 Å². The second-order valence-electron chi connectivity index (χ2n) is 12.1. The standard InChI is InChI=1S/C39H41N3O6/c1-4-42(38(45)32(22-26(2)3)41-39(46)48-24-27-14-7-5-8-15-27)35(29-17-9-6-10-18-29)36(44)37-40-33(25-47-37)34(43)23-30-20-13-19-28-16-11-12-21-31(28)30/h5-21,25-26,32,35-36,44H,4,22-24H2,1-3H3,(H,41,46). The Morgan fingerprint density at radius 2 is 1.56 bits per heavy atom. The quantitative estimate of drug-likeness (QED) is 0.122. The van der Waals surface area contributed by atoms with E-state index >= 15 is 0 Å². The maximum atomic E-state index is 14.2. The van der Waals surface area contributed by atoms with Crippen molar-refractivity contribution in [3.05, 3.63) is 138 Å². The second kappa shape index (κ2) is 16.0. The summed E-state index contributed by atoms with van der Waals surface area (Å²) >= 11 is 0. The lowest BCUT2D eigenvalue weighted by atomic mass is 9.96. The second-order valence-corrected chi connectivity index (χ2v) is 12.1. The summed E-state index contributed by atoms with van der Waals surface area (Å²) in [6.45, 7) is 5.98. The summed E-state index contributed by atoms with van der Waals surface area (Å²) in [4.78, 5) is 46.4. The summed E-state index contributed by atoms with van der Waals surface area (Å²) in [5.41, 5.74) is 2.40. The molecule has 9 heteroatoms. The predicted octanol–water partition coefficient (Wildman–Crippen LogP) is 7.22. The van der Waals surface area contributed by atoms with Crippen LogP contribution in [0, 0.1) is 5.92 Å². The monoisotopic (exact) mass is 647 g/mol. The highest BCUT2D eigenvalue weighted by molar-refractivity contribution is 5.98. The number of ether oxygens (including phenoxy) is 1. The van der Waals surface area contributed by atoms with E-state index in [4.69, 9.17) is 9.15 Å². The number of aromatic nitrogens is 1. The number of carbonyl (C=O) groups is 3. The van der Waals surface area contributed by atoms with Gasteiger partial charge in [-0.15, -0.1) is 0 Å². The van der Waals surface area contributed by atoms with Crippen LogP contribution in [-0.4, -0.2) is 45.4 Å². The third-order valence-electron chi connectivity index (χ3n) is 8.20. The van der Waals surface area contributed by atoms with Crippen molar-refractivity contribution in [2.75, 3.05) is 6.54 Å². The fraction of sp³-hybridized carbons (Fsp3) is 0.282. The molecule has 0 aliphatic rings. The number of likely N-dealkylation sites (N-methyl/N-ethyl adjacent to an activating group) is 1. The van der Waals surface area contributed by atoms with Gasteiger partial charge in [-0.1, -0.05) is 117 Å². The van der Waals surface area contributed by atoms with E-state index in [-0.39, 0.29) is 42.9 Å². The number of ketones is 1. The summed E-state index contributed by atoms with van der Waals surface area (Å²) in [6, 6.07) is 30.2. The lowest BCUT2D eigenvalue weighted by molar-refractivity contribution is -0.139. The molecule has 0 bridgehead atoms. The smallest absolute Gasteiger partial charge is 0.408 e. The topological polar surface area (TPSA) is 122 Å². The summed E-state index contributed by atoms with van der Waals surface area (Å²) in [7, 11) is 0. The number of Topliss-reactive ketones (excluding diaryl/α,β-unsaturated/α-hetero) is 1. The molecule has 3 atom stereocenters. The van der Waals surface area contributed by atoms with E-state index in [0.717, 1.165) is 21.9 Å². The van der Waals surface area contributed by atoms with Crippen LogP contribution in [0.1, 0.15) is 72.4 Å². The number of hydrogen-bond acceptors (Lipinski definition) is 7. The third kappa shape index (κ3) is 8.35. The van der Waals surface area contributed by atoms with Crippen LogP contribution in [0.4, 0.5) is 4.79 Å². The maximum Gasteiger partial charge on any atom is 0.408 e. The highest BCUT2D eigenvalue weighted by Gasteiger charge is 2.38. The molecule has 1 heterocycles. The summed E-state index contributed by atoms with van der Waals surface area (Å²) < 4.78 is 11.1. The molecule has 4 aromatic carbocycles. The summed E-state index contributed by atoms with van der Waals surface area (Å²) in [5, 5.41) is 16.6. The summed E-state index contributed by atoms with van der Waals surface area (Å²) in [5.74, 6) is -0.681. The highest BCUT2D eigenvalue weighted by Crippen LogP contribution is 2.35. The number of rotatable bonds is 14. The molecule has 248 valence electrons. The minimum atomic E-state index is -1.42. The van der Waals surface area contributed by atoms with E-state index in [0.29, 0.717) is 12.0 Å². The zero-order valence-corrected chi connectivity index (χ0v) is 27.4. The summed E-state index contributed by atoms with van der Waals surface area (Å²) in [6.07, 6.45) is -0.432. The molecule has 2 amide bonds. The Morgan fingerprint density at radius 1 is 0.896 bits per heavy atom. The largest absolute Gasteiger partial charge is 0.445 e. The van der Waals surface area contributed by atoms with Gasteiger partial charge in [0.05, 0.1) is 6.04 Å². The Balaban J connectivity index is 1.37. The average molecular weight is 648 g/mol. The van der Waals surface area contributed by atoms with Crippen molar-refractivity contribution in [3.63, 3.8) is 0 Å². The van der Waals surface area contributed by atoms with E-state index in [1.807, 2.05) is 105 Å². The van der Waals surface area contributed by atoms with E-state index in [1.54, 1.807) is 19.1 Å². The molecule has 5 rings (SSSR count). The first kappa shape index (κ1) is 34.1. The number of fused-ring (bicyclic) bond motifs is 1. The molecule has 3 unspecified atom stereocenters. The normalized spacial score (nSPS) is 13.1. The van der Waals surface area contributed by atoms with Crippen molar-refractivity contribution in [1.29, 1.82) is 0 Å². The molecule has 0 saturated carbocycles. The molecule has 2 N–H and O–H groups in total. The van der Waals surface area contributed by atoms with Gasteiger partial charge in [0.15, 0.2) is 11.9 Å². The van der Waals surface area contributed by atoms with Gasteiger partial charge in [-0.2, -0.15) is 0 Å². The molecule has 0 aliphatic carbocycles. The van der Waals surface area contributed by atoms with Crippen LogP contribution >= 0.6 is 0 Å². The van der Waals surface area contributed by atoms with Gasteiger partial charge in [0, 0.05) is 13.0 Å². The SMILES string of the molecule is CCN(C(=O)C(CC(C)C)NC(=O)OCc1ccccc1)C(c1ccccc1)C(O)c1nc(C(=O)Cc2cccc3ccccc23)co1. The number of carbonyl (C=O) groups excluding carboxylic acids is 3. The maximum absolute atomic E-state index is 14.2. The van der Waals surface area contributed by atoms with Crippen molar-refractivity contribution in [3.8, 4) is 0 Å². The Hall–Kier alpha value is -5.28. The molecule has 0 radical (unpaired) electrons. The minimum absolute atomic E-state index is 0.0593. The van der Waals surface area contributed by atoms with Crippen LogP contribution < -0.4 is 5.32 Å². The zero-order chi connectivity index (χ0) is 34.0. The van der Waals surface area contributed by atoms with Gasteiger partial charge in [-0.25, -0.2) is 9.78 Å². The molecule has 0 fully saturated rings. The van der Waals surface area contributed by atoms with Crippen molar-refractivity contribution < 1.29 is 28.6 Å². The van der Waals surface area contributed by atoms with Crippen molar-refractivity contribution >= 4 is 28.6 Å². The van der Waals surface area contributed by atoms with Gasteiger partial charge in [0.1, 0.15) is 24.6 Å². The van der Waals surface area contributed by atoms with Gasteiger partial charge >= 0.3 is 6.09 Å². The Kier molecular flexibility index (Phi) is 11.4. The highest BCUT2D eigenvalue weighted by atomic mass is 16.5. The van der Waals surface area contributed by atoms with Crippen molar-refractivity contribution in [2.24, 2.45) is 5.92 Å². The minimum Gasteiger partial charge on any atom is -0.445 e. The molecule has 1 aromatic heterocycles. The number of alkyl carbamates (subject to hydrolysis) is 1. The van der Waals surface area contributed by atoms with Crippen molar-refractivity contribution in [1.82, 2.24) is 15.2 Å². The molecular formula is C39H41N3O6. The number of hydrogen-bond donors (Lipinski definition) is 2. The van der Waals surface area contributed by atoms with Crippen LogP contribution in [0.15, 0.2) is 114 Å². The molecule has 0 aliphatic heterocycles. The molecule has 48 heavy (non-hydrogen) atoms. The number of nitrogens with one attached hydrogen (secondary N) is 1. The first-order valence-corrected chi connectivity index (χ1v) is 16.2. The zero-order valence-electron chi connectivity index (χ0n) is 27.4. The van der Waals surface area contributed by atoms with E-state index in [9.17, 15) is 19.5 Å². The van der Waals surface area contributed by atoms with Crippen molar-refractivity contribution in [2.45, 2.75) is 58.4 Å². The van der Waals surface area contributed by atoms with Crippen LogP contribution in [0.3, 0.4) is 0 Å². The first-order chi connectivity index (χ1) is 23.2. The molecule has 0 saturated heterocycles. The molecule has 5 aromatic rings. The predicted molar refractivity (Wildman–Crippen MR) is 183 cm³/mol. The lowest BCUT2D eigenvalue weighted by Crippen LogP contribution is -2.51. The number of aliphatic hydroxyl groups excluding tert-OH is 1. The van der Waals surface area contributed by atoms with E-state index in [1.165, 1.54) is 11.2 Å². The third-order valence-corrected chi connectivity index (χ3v) is 8.20.